The summed E-state index contributed by atoms with van der Waals surface area (Å²) in [7, 11) is 1.62. The van der Waals surface area contributed by atoms with Crippen LogP contribution in [0.2, 0.25) is 0 Å². The number of carbonyl (C=O) groups excluding carboxylic acids is 11. The Labute approximate surface area is 477 Å². The third-order valence-electron chi connectivity index (χ3n) is 15.1. The normalized spacial score (nSPS) is 22.0. The van der Waals surface area contributed by atoms with Crippen molar-refractivity contribution in [1.29, 1.82) is 0 Å². The SMILES string of the molecule is CC[C@H](C)[C@H](NC(=O)[C@@H](Cc1ccccc1)NC)C(=O)N[C@@H](CO)C(=O)N[C@H](C)C(=O)N[C@@H](C(=O)N[C@H](C(=O)N[C@@H](C)C(=O)N[C@H]1C(=O)N[C@@H](C)C(=O)N[C@@H](CCCCN)C(=O)N[C@@H]([C@@H](C)CC)C(=O)O[C@H]1C)[C@@H](C)CC)[C@@H](C)CC. The summed E-state index contributed by atoms with van der Waals surface area (Å²) in [5.41, 5.74) is 6.55. The highest BCUT2D eigenvalue weighted by atomic mass is 16.5. The van der Waals surface area contributed by atoms with E-state index in [1.54, 1.807) is 55.5 Å². The third-order valence-corrected chi connectivity index (χ3v) is 15.1. The zero-order chi connectivity index (χ0) is 61.3. The van der Waals surface area contributed by atoms with Gasteiger partial charge in [0.1, 0.15) is 66.5 Å². The van der Waals surface area contributed by atoms with E-state index in [0.29, 0.717) is 51.5 Å². The highest BCUT2D eigenvalue weighted by Crippen LogP contribution is 2.17. The molecular formula is C56H94N12O13. The molecule has 456 valence electrons. The number of cyclic esters (lactones) is 1. The van der Waals surface area contributed by atoms with Gasteiger partial charge in [-0.25, -0.2) is 4.79 Å². The first kappa shape index (κ1) is 70.4. The number of benzene rings is 1. The largest absolute Gasteiger partial charge is 0.458 e. The van der Waals surface area contributed by atoms with Gasteiger partial charge >= 0.3 is 5.97 Å². The molecule has 0 bridgehead atoms. The molecule has 0 unspecified atom stereocenters. The highest BCUT2D eigenvalue weighted by molar-refractivity contribution is 5.99. The van der Waals surface area contributed by atoms with Crippen LogP contribution in [-0.4, -0.2) is 163 Å². The summed E-state index contributed by atoms with van der Waals surface area (Å²) in [4.78, 5) is 151. The molecule has 0 aliphatic carbocycles. The van der Waals surface area contributed by atoms with Gasteiger partial charge in [-0.15, -0.1) is 0 Å². The van der Waals surface area contributed by atoms with Crippen LogP contribution in [0, 0.1) is 23.7 Å². The summed E-state index contributed by atoms with van der Waals surface area (Å²) in [6.07, 6.45) is 1.87. The zero-order valence-corrected chi connectivity index (χ0v) is 49.6. The molecular weight excluding hydrogens is 1050 g/mol. The summed E-state index contributed by atoms with van der Waals surface area (Å²) in [6, 6.07) is -4.34. The minimum Gasteiger partial charge on any atom is -0.458 e. The van der Waals surface area contributed by atoms with E-state index in [0.717, 1.165) is 5.56 Å². The van der Waals surface area contributed by atoms with Crippen LogP contribution in [0.3, 0.4) is 0 Å². The average Bonchev–Trinajstić information content (AvgIpc) is 3.45. The monoisotopic (exact) mass is 1140 g/mol. The predicted molar refractivity (Wildman–Crippen MR) is 303 cm³/mol. The smallest absolute Gasteiger partial charge is 0.329 e. The van der Waals surface area contributed by atoms with Crippen molar-refractivity contribution in [2.24, 2.45) is 29.4 Å². The van der Waals surface area contributed by atoms with Crippen LogP contribution in [-0.2, 0) is 63.9 Å². The van der Waals surface area contributed by atoms with Crippen LogP contribution in [0.15, 0.2) is 30.3 Å². The van der Waals surface area contributed by atoms with Crippen LogP contribution in [0.4, 0.5) is 0 Å². The van der Waals surface area contributed by atoms with Crippen molar-refractivity contribution in [3.05, 3.63) is 35.9 Å². The number of hydrogen-bond donors (Lipinski definition) is 13. The fraction of sp³-hybridized carbons (Fsp3) is 0.696. The van der Waals surface area contributed by atoms with E-state index in [4.69, 9.17) is 10.5 Å². The number of nitrogens with two attached hydrogens (primary N) is 1. The predicted octanol–water partition coefficient (Wildman–Crippen LogP) is -1.02. The molecule has 1 heterocycles. The van der Waals surface area contributed by atoms with E-state index in [1.807, 2.05) is 37.3 Å². The Morgan fingerprint density at radius 2 is 1.09 bits per heavy atom. The number of ether oxygens (including phenoxy) is 1. The first-order valence-electron chi connectivity index (χ1n) is 28.5. The number of esters is 1. The maximum Gasteiger partial charge on any atom is 0.329 e. The minimum atomic E-state index is -1.61. The Morgan fingerprint density at radius 1 is 0.593 bits per heavy atom. The Kier molecular flexibility index (Phi) is 30.6. The van der Waals surface area contributed by atoms with Gasteiger partial charge < -0.3 is 74.1 Å². The molecule has 25 heteroatoms. The van der Waals surface area contributed by atoms with Gasteiger partial charge in [0.2, 0.25) is 59.1 Å². The number of unbranched alkanes of at least 4 members (excludes halogenated alkanes) is 1. The molecule has 0 aromatic heterocycles. The van der Waals surface area contributed by atoms with Crippen LogP contribution < -0.4 is 64.2 Å². The second-order valence-corrected chi connectivity index (χ2v) is 21.4. The fourth-order valence-corrected chi connectivity index (χ4v) is 8.61. The maximum absolute atomic E-state index is 14.2. The molecule has 1 aliphatic rings. The molecule has 1 fully saturated rings. The number of nitrogens with one attached hydrogen (secondary N) is 11. The number of carbonyl (C=O) groups is 11. The van der Waals surface area contributed by atoms with E-state index < -0.39 is 162 Å². The Morgan fingerprint density at radius 3 is 1.60 bits per heavy atom. The molecule has 81 heavy (non-hydrogen) atoms. The first-order valence-corrected chi connectivity index (χ1v) is 28.5. The fourth-order valence-electron chi connectivity index (χ4n) is 8.61. The number of aliphatic hydroxyl groups is 1. The van der Waals surface area contributed by atoms with Gasteiger partial charge in [0, 0.05) is 0 Å². The zero-order valence-electron chi connectivity index (χ0n) is 49.6. The van der Waals surface area contributed by atoms with Crippen molar-refractivity contribution < 1.29 is 62.6 Å². The van der Waals surface area contributed by atoms with Crippen molar-refractivity contribution in [3.63, 3.8) is 0 Å². The van der Waals surface area contributed by atoms with Gasteiger partial charge in [0.05, 0.1) is 12.6 Å². The van der Waals surface area contributed by atoms with E-state index in [1.165, 1.54) is 27.7 Å². The molecule has 25 nitrogen and oxygen atoms in total. The Balaban J connectivity index is 2.26. The van der Waals surface area contributed by atoms with Gasteiger partial charge in [-0.05, 0) is 96.2 Å². The summed E-state index contributed by atoms with van der Waals surface area (Å²) in [6.45, 7) is 18.9. The third kappa shape index (κ3) is 21.9. The van der Waals surface area contributed by atoms with Crippen LogP contribution >= 0.6 is 0 Å². The lowest BCUT2D eigenvalue weighted by Crippen LogP contribution is -2.62. The van der Waals surface area contributed by atoms with Crippen molar-refractivity contribution in [3.8, 4) is 0 Å². The molecule has 0 spiro atoms. The molecule has 1 aromatic rings. The van der Waals surface area contributed by atoms with Crippen molar-refractivity contribution in [1.82, 2.24) is 58.5 Å². The number of hydrogen-bond acceptors (Lipinski definition) is 15. The van der Waals surface area contributed by atoms with Gasteiger partial charge in [-0.2, -0.15) is 0 Å². The van der Waals surface area contributed by atoms with E-state index in [2.05, 4.69) is 58.5 Å². The molecule has 0 radical (unpaired) electrons. The van der Waals surface area contributed by atoms with E-state index >= 15 is 0 Å². The van der Waals surface area contributed by atoms with E-state index in [9.17, 15) is 57.8 Å². The second kappa shape index (κ2) is 35.2. The molecule has 2 rings (SSSR count). The molecule has 10 amide bonds. The topological polar surface area (TPSA) is 376 Å². The summed E-state index contributed by atoms with van der Waals surface area (Å²) >= 11 is 0. The minimum absolute atomic E-state index is 0.199. The lowest BCUT2D eigenvalue weighted by Gasteiger charge is -2.31. The van der Waals surface area contributed by atoms with Gasteiger partial charge in [-0.1, -0.05) is 111 Å². The molecule has 14 N–H and O–H groups in total. The van der Waals surface area contributed by atoms with Crippen LogP contribution in [0.5, 0.6) is 0 Å². The molecule has 16 atom stereocenters. The number of rotatable bonds is 30. The number of aliphatic hydroxyl groups excluding tert-OH is 1. The van der Waals surface area contributed by atoms with Crippen LogP contribution in [0.25, 0.3) is 0 Å². The van der Waals surface area contributed by atoms with Crippen molar-refractivity contribution >= 4 is 65.0 Å². The molecule has 1 aromatic carbocycles. The van der Waals surface area contributed by atoms with E-state index in [-0.39, 0.29) is 12.3 Å². The summed E-state index contributed by atoms with van der Waals surface area (Å²) in [5.74, 6) is -10.4. The highest BCUT2D eigenvalue weighted by Gasteiger charge is 2.40. The summed E-state index contributed by atoms with van der Waals surface area (Å²) in [5, 5.41) is 39.3. The lowest BCUT2D eigenvalue weighted by atomic mass is 9.94. The van der Waals surface area contributed by atoms with Gasteiger partial charge in [-0.3, -0.25) is 47.9 Å². The van der Waals surface area contributed by atoms with Gasteiger partial charge in [0.25, 0.3) is 0 Å². The molecule has 0 saturated carbocycles. The average molecular weight is 1140 g/mol. The Bertz CT molecular complexity index is 2280. The number of amides is 10. The number of likely N-dealkylation sites (N-methyl/N-ethyl adjacent to an activating group) is 1. The maximum atomic E-state index is 14.2. The second-order valence-electron chi connectivity index (χ2n) is 21.4. The van der Waals surface area contributed by atoms with Crippen LogP contribution in [0.1, 0.15) is 134 Å². The first-order chi connectivity index (χ1) is 38.2. The lowest BCUT2D eigenvalue weighted by molar-refractivity contribution is -0.157. The van der Waals surface area contributed by atoms with Crippen molar-refractivity contribution in [2.75, 3.05) is 20.2 Å². The summed E-state index contributed by atoms with van der Waals surface area (Å²) < 4.78 is 5.73. The van der Waals surface area contributed by atoms with Crippen molar-refractivity contribution in [2.45, 2.75) is 207 Å². The molecule has 1 aliphatic heterocycles. The standard InChI is InChI=1S/C56H94N12O13/c1-14-29(5)41(52(76)60-35(11)48(72)68-45-36(12)81-56(80)44(32(8)17-4)67-49(73)38(25-21-22-26-57)62-46(70)33(9)61-55(45)79)66-54(78)43(31(7)16-3)64-47(71)34(10)59-51(75)40(28-69)63-53(77)42(30(6)15-2)65-50(74)39(58-13)27-37-23-19-18-20-24-37/h18-20,23-24,29-36,38-45,58,69H,14-17,21-22,25-28,57H2,1-13H3,(H,59,75)(H,60,76)(H,61,79)(H,62,70)(H,63,77)(H,64,71)(H,65,74)(H,66,78)(H,67,73)(H,68,72)/t29-,30-,31-,32-,33-,34+,35-,36-,38-,39+,40-,41-,42-,43+,44-,45+/m0/s1. The quantitative estimate of drug-likeness (QED) is 0.0324. The van der Waals surface area contributed by atoms with Gasteiger partial charge in [0.15, 0.2) is 0 Å². The Hall–Kier alpha value is -6.73. The molecule has 1 saturated heterocycles.